The summed E-state index contributed by atoms with van der Waals surface area (Å²) in [6, 6.07) is 9.57. The maximum absolute atomic E-state index is 12.4. The second-order valence-corrected chi connectivity index (χ2v) is 7.98. The van der Waals surface area contributed by atoms with Crippen molar-refractivity contribution < 1.29 is 14.6 Å². The molecule has 10 heteroatoms. The number of amides is 1. The summed E-state index contributed by atoms with van der Waals surface area (Å²) in [5, 5.41) is 17.8. The van der Waals surface area contributed by atoms with Gasteiger partial charge in [0.2, 0.25) is 0 Å². The Labute approximate surface area is 184 Å². The molecule has 1 atom stereocenters. The third kappa shape index (κ3) is 3.38. The lowest BCUT2D eigenvalue weighted by Crippen LogP contribution is -2.37. The molecule has 1 N–H and O–H groups in total. The lowest BCUT2D eigenvalue weighted by Gasteiger charge is -2.23. The minimum absolute atomic E-state index is 0.00687. The van der Waals surface area contributed by atoms with E-state index in [1.165, 1.54) is 6.33 Å². The average molecular weight is 433 g/mol. The van der Waals surface area contributed by atoms with Crippen molar-refractivity contribution in [2.75, 3.05) is 18.1 Å². The van der Waals surface area contributed by atoms with Crippen LogP contribution in [0.1, 0.15) is 13.8 Å². The Kier molecular flexibility index (Phi) is 5.06. The predicted molar refractivity (Wildman–Crippen MR) is 117 cm³/mol. The first kappa shape index (κ1) is 20.1. The smallest absolute Gasteiger partial charge is 0.415 e. The molecule has 1 amide bonds. The predicted octanol–water partition coefficient (Wildman–Crippen LogP) is 2.63. The fraction of sp³-hybridized carbons (Fsp3) is 0.318. The highest BCUT2D eigenvalue weighted by atomic mass is 16.6. The van der Waals surface area contributed by atoms with Gasteiger partial charge in [0.1, 0.15) is 18.8 Å². The van der Waals surface area contributed by atoms with Gasteiger partial charge in [0.25, 0.3) is 0 Å². The van der Waals surface area contributed by atoms with Crippen molar-refractivity contribution in [1.82, 2.24) is 29.4 Å². The van der Waals surface area contributed by atoms with E-state index < -0.39 is 0 Å². The van der Waals surface area contributed by atoms with E-state index in [1.807, 2.05) is 24.3 Å². The van der Waals surface area contributed by atoms with Crippen LogP contribution in [0.15, 0.2) is 49.1 Å². The molecule has 1 aliphatic heterocycles. The molecule has 0 bridgehead atoms. The van der Waals surface area contributed by atoms with Crippen LogP contribution in [0.25, 0.3) is 28.2 Å². The lowest BCUT2D eigenvalue weighted by atomic mass is 10.0. The van der Waals surface area contributed by atoms with Gasteiger partial charge >= 0.3 is 6.09 Å². The van der Waals surface area contributed by atoms with Crippen LogP contribution < -0.4 is 4.90 Å². The molecular formula is C22H23N7O3. The highest BCUT2D eigenvalue weighted by molar-refractivity contribution is 5.90. The van der Waals surface area contributed by atoms with E-state index in [1.54, 1.807) is 32.6 Å². The average Bonchev–Trinajstić information content (AvgIpc) is 3.52. The number of carbonyl (C=O) groups excluding carboxylic acids is 1. The molecule has 1 aliphatic rings. The van der Waals surface area contributed by atoms with Crippen LogP contribution in [0.2, 0.25) is 0 Å². The summed E-state index contributed by atoms with van der Waals surface area (Å²) in [4.78, 5) is 23.0. The highest BCUT2D eigenvalue weighted by Gasteiger charge is 2.37. The van der Waals surface area contributed by atoms with Crippen molar-refractivity contribution in [2.45, 2.75) is 26.4 Å². The van der Waals surface area contributed by atoms with Crippen LogP contribution in [0.3, 0.4) is 0 Å². The highest BCUT2D eigenvalue weighted by Crippen LogP contribution is 2.30. The van der Waals surface area contributed by atoms with Gasteiger partial charge in [-0.3, -0.25) is 4.90 Å². The quantitative estimate of drug-likeness (QED) is 0.498. The number of aliphatic hydroxyl groups is 1. The van der Waals surface area contributed by atoms with Crippen LogP contribution in [0.5, 0.6) is 0 Å². The molecule has 4 heterocycles. The van der Waals surface area contributed by atoms with Crippen molar-refractivity contribution >= 4 is 17.6 Å². The summed E-state index contributed by atoms with van der Waals surface area (Å²) in [7, 11) is 0. The number of rotatable bonds is 6. The van der Waals surface area contributed by atoms with Gasteiger partial charge in [-0.15, -0.1) is 0 Å². The monoisotopic (exact) mass is 433 g/mol. The SMILES string of the molecule is CC(C)[C@H]1COC(=O)N1c1ccn2ncc(-c3ccc(-c4ncnn4CCO)cc3)c2n1. The topological polar surface area (TPSA) is 111 Å². The number of benzene rings is 1. The third-order valence-electron chi connectivity index (χ3n) is 5.66. The van der Waals surface area contributed by atoms with Gasteiger partial charge in [-0.2, -0.15) is 10.2 Å². The molecule has 0 radical (unpaired) electrons. The molecule has 3 aromatic heterocycles. The molecule has 0 spiro atoms. The zero-order valence-corrected chi connectivity index (χ0v) is 17.8. The van der Waals surface area contributed by atoms with E-state index in [0.29, 0.717) is 30.4 Å². The van der Waals surface area contributed by atoms with Crippen molar-refractivity contribution in [1.29, 1.82) is 0 Å². The van der Waals surface area contributed by atoms with Gasteiger partial charge in [0.15, 0.2) is 11.5 Å². The first-order chi connectivity index (χ1) is 15.6. The van der Waals surface area contributed by atoms with Gasteiger partial charge < -0.3 is 9.84 Å². The van der Waals surface area contributed by atoms with Crippen molar-refractivity contribution in [3.8, 4) is 22.5 Å². The Morgan fingerprint density at radius 2 is 1.94 bits per heavy atom. The molecule has 164 valence electrons. The second kappa shape index (κ2) is 8.04. The maximum atomic E-state index is 12.4. The second-order valence-electron chi connectivity index (χ2n) is 7.98. The van der Waals surface area contributed by atoms with Crippen LogP contribution in [-0.2, 0) is 11.3 Å². The van der Waals surface area contributed by atoms with Gasteiger partial charge in [-0.25, -0.2) is 24.0 Å². The number of aromatic nitrogens is 6. The number of carbonyl (C=O) groups is 1. The minimum Gasteiger partial charge on any atom is -0.447 e. The fourth-order valence-corrected chi connectivity index (χ4v) is 3.93. The molecule has 0 unspecified atom stereocenters. The number of anilines is 1. The first-order valence-electron chi connectivity index (χ1n) is 10.5. The number of aliphatic hydroxyl groups excluding tert-OH is 1. The van der Waals surface area contributed by atoms with Crippen molar-refractivity contribution in [3.63, 3.8) is 0 Å². The van der Waals surface area contributed by atoms with E-state index in [9.17, 15) is 9.90 Å². The Bertz CT molecular complexity index is 1260. The number of hydrogen-bond donors (Lipinski definition) is 1. The minimum atomic E-state index is -0.377. The summed E-state index contributed by atoms with van der Waals surface area (Å²) in [6.45, 7) is 4.86. The van der Waals surface area contributed by atoms with Gasteiger partial charge in [0, 0.05) is 17.3 Å². The molecule has 1 saturated heterocycles. The third-order valence-corrected chi connectivity index (χ3v) is 5.66. The van der Waals surface area contributed by atoms with E-state index in [4.69, 9.17) is 9.72 Å². The van der Waals surface area contributed by atoms with Crippen LogP contribution in [-0.4, -0.2) is 59.8 Å². The molecule has 32 heavy (non-hydrogen) atoms. The summed E-state index contributed by atoms with van der Waals surface area (Å²) in [5.74, 6) is 1.48. The standard InChI is InChI=1S/C22H23N7O3/c1-14(2)18-12-32-22(31)29(18)19-7-8-27-21(26-19)17(11-24-27)15-3-5-16(6-4-15)20-23-13-25-28(20)9-10-30/h3-8,11,13-14,18,30H,9-10,12H2,1-2H3/t18-/m1/s1. The van der Waals surface area contributed by atoms with Gasteiger partial charge in [-0.05, 0) is 17.5 Å². The molecule has 10 nitrogen and oxygen atoms in total. The number of hydrogen-bond acceptors (Lipinski definition) is 7. The van der Waals surface area contributed by atoms with Crippen LogP contribution in [0, 0.1) is 5.92 Å². The fourth-order valence-electron chi connectivity index (χ4n) is 3.93. The number of cyclic esters (lactones) is 1. The van der Waals surface area contributed by atoms with E-state index in [0.717, 1.165) is 16.7 Å². The van der Waals surface area contributed by atoms with E-state index in [-0.39, 0.29) is 24.7 Å². The zero-order chi connectivity index (χ0) is 22.2. The van der Waals surface area contributed by atoms with Gasteiger partial charge in [-0.1, -0.05) is 38.1 Å². The van der Waals surface area contributed by atoms with Crippen molar-refractivity contribution in [2.24, 2.45) is 5.92 Å². The summed E-state index contributed by atoms with van der Waals surface area (Å²) < 4.78 is 8.63. The largest absolute Gasteiger partial charge is 0.447 e. The van der Waals surface area contributed by atoms with Crippen LogP contribution >= 0.6 is 0 Å². The molecule has 0 saturated carbocycles. The molecule has 0 aliphatic carbocycles. The number of fused-ring (bicyclic) bond motifs is 1. The number of nitrogens with zero attached hydrogens (tertiary/aromatic N) is 7. The number of ether oxygens (including phenoxy) is 1. The molecule has 4 aromatic rings. The Morgan fingerprint density at radius 1 is 1.16 bits per heavy atom. The molecule has 1 fully saturated rings. The normalized spacial score (nSPS) is 16.3. The van der Waals surface area contributed by atoms with Crippen molar-refractivity contribution in [3.05, 3.63) is 49.1 Å². The summed E-state index contributed by atoms with van der Waals surface area (Å²) >= 11 is 0. The lowest BCUT2D eigenvalue weighted by molar-refractivity contribution is 0.177. The van der Waals surface area contributed by atoms with Crippen LogP contribution in [0.4, 0.5) is 10.6 Å². The molecule has 5 rings (SSSR count). The van der Waals surface area contributed by atoms with Gasteiger partial charge in [0.05, 0.1) is 25.4 Å². The molecule has 1 aromatic carbocycles. The Balaban J connectivity index is 1.50. The van der Waals surface area contributed by atoms with E-state index in [2.05, 4.69) is 29.0 Å². The summed E-state index contributed by atoms with van der Waals surface area (Å²) in [6.07, 6.45) is 4.66. The Hall–Kier alpha value is -3.79. The zero-order valence-electron chi connectivity index (χ0n) is 17.8. The maximum Gasteiger partial charge on any atom is 0.415 e. The van der Waals surface area contributed by atoms with E-state index >= 15 is 0 Å². The first-order valence-corrected chi connectivity index (χ1v) is 10.5. The summed E-state index contributed by atoms with van der Waals surface area (Å²) in [5.41, 5.74) is 3.33. The Morgan fingerprint density at radius 3 is 2.69 bits per heavy atom. The molecular weight excluding hydrogens is 410 g/mol.